The minimum Gasteiger partial charge on any atom is -0.493 e. The zero-order chi connectivity index (χ0) is 22.5. The Balaban J connectivity index is 1.92. The van der Waals surface area contributed by atoms with Crippen molar-refractivity contribution in [1.29, 1.82) is 0 Å². The van der Waals surface area contributed by atoms with Crippen LogP contribution in [0, 0.1) is 0 Å². The van der Waals surface area contributed by atoms with Crippen LogP contribution >= 0.6 is 11.6 Å². The van der Waals surface area contributed by atoms with Crippen molar-refractivity contribution in [2.75, 3.05) is 14.2 Å². The number of amides is 1. The predicted molar refractivity (Wildman–Crippen MR) is 112 cm³/mol. The number of hydrogen-bond donors (Lipinski definition) is 3. The van der Waals surface area contributed by atoms with Gasteiger partial charge in [0.1, 0.15) is 0 Å². The molecule has 0 fully saturated rings. The van der Waals surface area contributed by atoms with E-state index in [4.69, 9.17) is 21.1 Å². The molecule has 0 aliphatic heterocycles. The van der Waals surface area contributed by atoms with Gasteiger partial charge in [-0.15, -0.1) is 0 Å². The van der Waals surface area contributed by atoms with Gasteiger partial charge < -0.3 is 25.0 Å². The van der Waals surface area contributed by atoms with Crippen molar-refractivity contribution in [2.24, 2.45) is 0 Å². The molecular weight excluding hydrogens is 426 g/mol. The number of aliphatic carboxylic acids is 1. The summed E-state index contributed by atoms with van der Waals surface area (Å²) in [5, 5.41) is 26.8. The molecule has 3 rings (SSSR count). The summed E-state index contributed by atoms with van der Waals surface area (Å²) in [6.45, 7) is 0. The van der Waals surface area contributed by atoms with Crippen molar-refractivity contribution in [3.05, 3.63) is 64.8 Å². The molecule has 3 N–H and O–H groups in total. The van der Waals surface area contributed by atoms with E-state index in [9.17, 15) is 19.8 Å². The number of methoxy groups -OCH3 is 2. The molecule has 0 radical (unpaired) electrons. The third-order valence-electron chi connectivity index (χ3n) is 4.47. The highest BCUT2D eigenvalue weighted by atomic mass is 35.5. The van der Waals surface area contributed by atoms with Crippen molar-refractivity contribution >= 4 is 23.5 Å². The number of aromatic hydroxyl groups is 1. The number of para-hydroxylation sites is 1. The van der Waals surface area contributed by atoms with Gasteiger partial charge in [0.05, 0.1) is 32.4 Å². The largest absolute Gasteiger partial charge is 0.493 e. The molecule has 0 saturated carbocycles. The number of carboxylic acids is 1. The van der Waals surface area contributed by atoms with Gasteiger partial charge in [-0.25, -0.2) is 4.68 Å². The fourth-order valence-corrected chi connectivity index (χ4v) is 3.30. The summed E-state index contributed by atoms with van der Waals surface area (Å²) < 4.78 is 11.8. The van der Waals surface area contributed by atoms with Gasteiger partial charge in [-0.3, -0.25) is 9.59 Å². The van der Waals surface area contributed by atoms with Crippen molar-refractivity contribution in [2.45, 2.75) is 12.5 Å². The van der Waals surface area contributed by atoms with Gasteiger partial charge in [0.15, 0.2) is 17.2 Å². The number of benzene rings is 2. The Morgan fingerprint density at radius 1 is 1.16 bits per heavy atom. The highest BCUT2D eigenvalue weighted by molar-refractivity contribution is 6.30. The normalized spacial score (nSPS) is 11.6. The molecule has 162 valence electrons. The van der Waals surface area contributed by atoms with Crippen LogP contribution in [0.25, 0.3) is 5.69 Å². The molecule has 10 heteroatoms. The molecule has 0 aliphatic rings. The van der Waals surface area contributed by atoms with Crippen molar-refractivity contribution in [3.63, 3.8) is 0 Å². The van der Waals surface area contributed by atoms with Gasteiger partial charge in [-0.1, -0.05) is 29.8 Å². The zero-order valence-electron chi connectivity index (χ0n) is 16.7. The standard InChI is InChI=1S/C21H20ClN3O6/c1-30-17-8-4-7-14(20(17)31-2)15(11-19(27)28)23-21(29)16-10-18(26)25(24-16)13-6-3-5-12(22)9-13/h3-10,15,26H,11H2,1-2H3,(H,23,29)(H,27,28)/t15-/m0/s1. The van der Waals surface area contributed by atoms with Crippen molar-refractivity contribution in [3.8, 4) is 23.1 Å². The van der Waals surface area contributed by atoms with E-state index in [2.05, 4.69) is 10.4 Å². The summed E-state index contributed by atoms with van der Waals surface area (Å²) in [7, 11) is 2.88. The second-order valence-electron chi connectivity index (χ2n) is 6.49. The first-order valence-corrected chi connectivity index (χ1v) is 9.50. The second-order valence-corrected chi connectivity index (χ2v) is 6.92. The van der Waals surface area contributed by atoms with Gasteiger partial charge in [0, 0.05) is 16.7 Å². The maximum Gasteiger partial charge on any atom is 0.305 e. The summed E-state index contributed by atoms with van der Waals surface area (Å²) >= 11 is 5.98. The summed E-state index contributed by atoms with van der Waals surface area (Å²) in [5.74, 6) is -1.37. The number of nitrogens with one attached hydrogen (secondary N) is 1. The second kappa shape index (κ2) is 9.40. The van der Waals surface area contributed by atoms with Crippen LogP contribution in [0.5, 0.6) is 17.4 Å². The minimum absolute atomic E-state index is 0.102. The topological polar surface area (TPSA) is 123 Å². The fraction of sp³-hybridized carbons (Fsp3) is 0.190. The third kappa shape index (κ3) is 4.89. The highest BCUT2D eigenvalue weighted by Crippen LogP contribution is 2.36. The lowest BCUT2D eigenvalue weighted by molar-refractivity contribution is -0.137. The molecule has 2 aromatic carbocycles. The Kier molecular flexibility index (Phi) is 6.66. The molecule has 31 heavy (non-hydrogen) atoms. The first-order chi connectivity index (χ1) is 14.8. The predicted octanol–water partition coefficient (Wildman–Crippen LogP) is 3.19. The van der Waals surface area contributed by atoms with Crippen LogP contribution in [0.2, 0.25) is 5.02 Å². The van der Waals surface area contributed by atoms with Gasteiger partial charge >= 0.3 is 5.97 Å². The van der Waals surface area contributed by atoms with Crippen LogP contribution in [0.3, 0.4) is 0 Å². The Morgan fingerprint density at radius 2 is 1.90 bits per heavy atom. The van der Waals surface area contributed by atoms with E-state index >= 15 is 0 Å². The lowest BCUT2D eigenvalue weighted by atomic mass is 10.0. The number of carbonyl (C=O) groups is 2. The van der Waals surface area contributed by atoms with Crippen LogP contribution in [-0.4, -0.2) is 46.1 Å². The Labute approximate surface area is 182 Å². The van der Waals surface area contributed by atoms with Crippen LogP contribution in [0.1, 0.15) is 28.5 Å². The molecule has 9 nitrogen and oxygen atoms in total. The Morgan fingerprint density at radius 3 is 2.55 bits per heavy atom. The summed E-state index contributed by atoms with van der Waals surface area (Å²) in [6.07, 6.45) is -0.406. The van der Waals surface area contributed by atoms with Gasteiger partial charge in [0.25, 0.3) is 5.91 Å². The monoisotopic (exact) mass is 445 g/mol. The maximum atomic E-state index is 12.8. The number of carboxylic acid groups (broad SMARTS) is 1. The lowest BCUT2D eigenvalue weighted by Gasteiger charge is -2.20. The quantitative estimate of drug-likeness (QED) is 0.486. The van der Waals surface area contributed by atoms with Crippen LogP contribution in [0.15, 0.2) is 48.5 Å². The molecule has 0 saturated heterocycles. The summed E-state index contributed by atoms with van der Waals surface area (Å²) in [4.78, 5) is 24.3. The number of nitrogens with zero attached hydrogens (tertiary/aromatic N) is 2. The van der Waals surface area contributed by atoms with Gasteiger partial charge in [0.2, 0.25) is 5.88 Å². The Hall–Kier alpha value is -3.72. The molecular formula is C21H20ClN3O6. The number of aromatic nitrogens is 2. The van der Waals surface area contributed by atoms with E-state index in [0.29, 0.717) is 27.8 Å². The molecule has 1 aromatic heterocycles. The molecule has 1 heterocycles. The number of hydrogen-bond acceptors (Lipinski definition) is 6. The Bertz CT molecular complexity index is 1110. The molecule has 1 amide bonds. The molecule has 0 spiro atoms. The van der Waals surface area contributed by atoms with Crippen molar-refractivity contribution < 1.29 is 29.3 Å². The van der Waals surface area contributed by atoms with E-state index in [1.54, 1.807) is 42.5 Å². The minimum atomic E-state index is -1.12. The van der Waals surface area contributed by atoms with Gasteiger partial charge in [-0.2, -0.15) is 5.10 Å². The average molecular weight is 446 g/mol. The maximum absolute atomic E-state index is 12.8. The number of halogens is 1. The van der Waals surface area contributed by atoms with Crippen LogP contribution in [-0.2, 0) is 4.79 Å². The number of carbonyl (C=O) groups excluding carboxylic acids is 1. The smallest absolute Gasteiger partial charge is 0.305 e. The first-order valence-electron chi connectivity index (χ1n) is 9.12. The first kappa shape index (κ1) is 22.0. The summed E-state index contributed by atoms with van der Waals surface area (Å²) in [6, 6.07) is 11.8. The van der Waals surface area contributed by atoms with Crippen LogP contribution < -0.4 is 14.8 Å². The molecule has 0 unspecified atom stereocenters. The van der Waals surface area contributed by atoms with E-state index in [1.807, 2.05) is 0 Å². The third-order valence-corrected chi connectivity index (χ3v) is 4.70. The zero-order valence-corrected chi connectivity index (χ0v) is 17.5. The van der Waals surface area contributed by atoms with E-state index in [1.165, 1.54) is 20.3 Å². The van der Waals surface area contributed by atoms with E-state index in [0.717, 1.165) is 4.68 Å². The number of ether oxygens (including phenoxy) is 2. The fourth-order valence-electron chi connectivity index (χ4n) is 3.11. The average Bonchev–Trinajstić information content (AvgIpc) is 3.14. The molecule has 0 aliphatic carbocycles. The summed E-state index contributed by atoms with van der Waals surface area (Å²) in [5.41, 5.74) is 0.784. The van der Waals surface area contributed by atoms with E-state index in [-0.39, 0.29) is 11.6 Å². The van der Waals surface area contributed by atoms with Crippen LogP contribution in [0.4, 0.5) is 0 Å². The molecule has 1 atom stereocenters. The van der Waals surface area contributed by atoms with Crippen molar-refractivity contribution in [1.82, 2.24) is 15.1 Å². The van der Waals surface area contributed by atoms with Gasteiger partial charge in [-0.05, 0) is 24.3 Å². The molecule has 0 bridgehead atoms. The highest BCUT2D eigenvalue weighted by Gasteiger charge is 2.25. The molecule has 3 aromatic rings. The number of rotatable bonds is 8. The van der Waals surface area contributed by atoms with E-state index < -0.39 is 24.3 Å². The SMILES string of the molecule is COc1cccc([C@H](CC(=O)O)NC(=O)c2cc(O)n(-c3cccc(Cl)c3)n2)c1OC. The lowest BCUT2D eigenvalue weighted by Crippen LogP contribution is -2.31.